The van der Waals surface area contributed by atoms with E-state index in [2.05, 4.69) is 60.1 Å². The van der Waals surface area contributed by atoms with Gasteiger partial charge in [0.1, 0.15) is 0 Å². The molecule has 0 fully saturated rings. The zero-order valence-corrected chi connectivity index (χ0v) is 22.9. The summed E-state index contributed by atoms with van der Waals surface area (Å²) in [5, 5.41) is -1.42. The predicted molar refractivity (Wildman–Crippen MR) is 155 cm³/mol. The minimum absolute atomic E-state index is 0.0724. The van der Waals surface area contributed by atoms with Gasteiger partial charge in [-0.3, -0.25) is 4.79 Å². The van der Waals surface area contributed by atoms with Gasteiger partial charge in [0.2, 0.25) is 0 Å². The Labute approximate surface area is 229 Å². The fourth-order valence-electron chi connectivity index (χ4n) is 5.04. The van der Waals surface area contributed by atoms with Gasteiger partial charge in [-0.15, -0.1) is 0 Å². The van der Waals surface area contributed by atoms with Crippen LogP contribution >= 0.6 is 0 Å². The van der Waals surface area contributed by atoms with Crippen LogP contribution in [-0.4, -0.2) is 25.9 Å². The SMILES string of the molecule is CCCCc1c(-c2ccc(-c3ccc(S(=O)(=O)C(C(=O)OC)c4ccccc4)cc3)cc2)cn2ccccc12. The first-order valence-corrected chi connectivity index (χ1v) is 14.6. The molecule has 198 valence electrons. The van der Waals surface area contributed by atoms with Crippen molar-refractivity contribution in [2.45, 2.75) is 36.3 Å². The number of aryl methyl sites for hydroxylation is 1. The van der Waals surface area contributed by atoms with Gasteiger partial charge in [-0.1, -0.05) is 86.1 Å². The highest BCUT2D eigenvalue weighted by molar-refractivity contribution is 7.92. The molecular formula is C33H31NO4S. The Morgan fingerprint density at radius 2 is 1.44 bits per heavy atom. The second-order valence-electron chi connectivity index (χ2n) is 9.58. The third-order valence-corrected chi connectivity index (χ3v) is 9.13. The van der Waals surface area contributed by atoms with Crippen molar-refractivity contribution in [3.63, 3.8) is 0 Å². The molecule has 0 amide bonds. The third-order valence-electron chi connectivity index (χ3n) is 7.11. The number of aromatic nitrogens is 1. The summed E-state index contributed by atoms with van der Waals surface area (Å²) in [7, 11) is -2.81. The molecule has 0 N–H and O–H groups in total. The van der Waals surface area contributed by atoms with Crippen molar-refractivity contribution >= 4 is 21.3 Å². The van der Waals surface area contributed by atoms with E-state index in [1.54, 1.807) is 54.6 Å². The van der Waals surface area contributed by atoms with Crippen LogP contribution < -0.4 is 0 Å². The number of sulfone groups is 1. The minimum Gasteiger partial charge on any atom is -0.468 e. The molecule has 0 aliphatic carbocycles. The van der Waals surface area contributed by atoms with E-state index in [0.29, 0.717) is 5.56 Å². The summed E-state index contributed by atoms with van der Waals surface area (Å²) in [6.07, 6.45) is 7.58. The Morgan fingerprint density at radius 1 is 0.821 bits per heavy atom. The van der Waals surface area contributed by atoms with Crippen molar-refractivity contribution in [2.24, 2.45) is 0 Å². The molecule has 1 unspecified atom stereocenters. The summed E-state index contributed by atoms with van der Waals surface area (Å²) >= 11 is 0. The average Bonchev–Trinajstić information content (AvgIpc) is 3.35. The maximum atomic E-state index is 13.5. The summed E-state index contributed by atoms with van der Waals surface area (Å²) < 4.78 is 34.0. The number of esters is 1. The highest BCUT2D eigenvalue weighted by atomic mass is 32.2. The number of rotatable bonds is 9. The molecule has 0 bridgehead atoms. The number of carbonyl (C=O) groups is 1. The highest BCUT2D eigenvalue weighted by Gasteiger charge is 2.36. The van der Waals surface area contributed by atoms with E-state index in [4.69, 9.17) is 4.74 Å². The van der Waals surface area contributed by atoms with Gasteiger partial charge in [-0.2, -0.15) is 0 Å². The molecule has 0 aliphatic rings. The number of hydrogen-bond acceptors (Lipinski definition) is 4. The maximum absolute atomic E-state index is 13.5. The van der Waals surface area contributed by atoms with Gasteiger partial charge in [0.25, 0.3) is 0 Å². The highest BCUT2D eigenvalue weighted by Crippen LogP contribution is 2.34. The summed E-state index contributed by atoms with van der Waals surface area (Å²) in [5.41, 5.74) is 7.23. The number of hydrogen-bond donors (Lipinski definition) is 0. The van der Waals surface area contributed by atoms with E-state index < -0.39 is 21.1 Å². The number of ether oxygens (including phenoxy) is 1. The molecule has 6 heteroatoms. The van der Waals surface area contributed by atoms with Crippen molar-refractivity contribution in [1.82, 2.24) is 4.40 Å². The van der Waals surface area contributed by atoms with Crippen LogP contribution in [0.4, 0.5) is 0 Å². The van der Waals surface area contributed by atoms with Gasteiger partial charge in [0.05, 0.1) is 12.0 Å². The lowest BCUT2D eigenvalue weighted by atomic mass is 9.97. The monoisotopic (exact) mass is 537 g/mol. The third kappa shape index (κ3) is 5.25. The molecule has 3 aromatic carbocycles. The molecule has 5 nitrogen and oxygen atoms in total. The number of fused-ring (bicyclic) bond motifs is 1. The zero-order chi connectivity index (χ0) is 27.4. The molecular weight excluding hydrogens is 506 g/mol. The largest absolute Gasteiger partial charge is 0.468 e. The van der Waals surface area contributed by atoms with Crippen LogP contribution in [0.25, 0.3) is 27.8 Å². The Balaban J connectivity index is 1.44. The smallest absolute Gasteiger partial charge is 0.329 e. The molecule has 0 aliphatic heterocycles. The van der Waals surface area contributed by atoms with Crippen LogP contribution in [0.1, 0.15) is 36.1 Å². The minimum atomic E-state index is -4.01. The van der Waals surface area contributed by atoms with Crippen LogP contribution in [0, 0.1) is 0 Å². The first-order valence-electron chi connectivity index (χ1n) is 13.1. The van der Waals surface area contributed by atoms with Crippen molar-refractivity contribution in [3.05, 3.63) is 121 Å². The summed E-state index contributed by atoms with van der Waals surface area (Å²) in [6.45, 7) is 2.21. The summed E-state index contributed by atoms with van der Waals surface area (Å²) in [4.78, 5) is 12.6. The standard InChI is InChI=1S/C33H31NO4S/c1-3-4-12-29-30(23-34-22-9-8-13-31(29)34)26-16-14-24(15-17-26)25-18-20-28(21-19-25)39(36,37)32(33(35)38-2)27-10-6-5-7-11-27/h5-11,13-23,32H,3-4,12H2,1-2H3. The second-order valence-corrected chi connectivity index (χ2v) is 11.6. The van der Waals surface area contributed by atoms with Crippen LogP contribution in [0.5, 0.6) is 0 Å². The topological polar surface area (TPSA) is 64.8 Å². The predicted octanol–water partition coefficient (Wildman–Crippen LogP) is 7.30. The summed E-state index contributed by atoms with van der Waals surface area (Å²) in [6, 6.07) is 29.7. The number of pyridine rings is 1. The first kappa shape index (κ1) is 26.4. The van der Waals surface area contributed by atoms with Crippen LogP contribution in [0.3, 0.4) is 0 Å². The molecule has 0 radical (unpaired) electrons. The number of benzene rings is 3. The lowest BCUT2D eigenvalue weighted by Crippen LogP contribution is -2.23. The van der Waals surface area contributed by atoms with E-state index in [0.717, 1.165) is 36.0 Å². The molecule has 1 atom stereocenters. The van der Waals surface area contributed by atoms with Gasteiger partial charge in [0.15, 0.2) is 15.1 Å². The summed E-state index contributed by atoms with van der Waals surface area (Å²) in [5.74, 6) is -0.808. The van der Waals surface area contributed by atoms with Crippen LogP contribution in [-0.2, 0) is 25.8 Å². The first-order chi connectivity index (χ1) is 18.9. The van der Waals surface area contributed by atoms with Gasteiger partial charge < -0.3 is 9.14 Å². The normalized spacial score (nSPS) is 12.4. The Kier molecular flexibility index (Phi) is 7.66. The van der Waals surface area contributed by atoms with Crippen molar-refractivity contribution in [1.29, 1.82) is 0 Å². The second kappa shape index (κ2) is 11.3. The quantitative estimate of drug-likeness (QED) is 0.185. The fraction of sp³-hybridized carbons (Fsp3) is 0.182. The Bertz CT molecular complexity index is 1690. The molecule has 2 heterocycles. The lowest BCUT2D eigenvalue weighted by molar-refractivity contribution is -0.140. The van der Waals surface area contributed by atoms with Crippen molar-refractivity contribution in [3.8, 4) is 22.3 Å². The Hall–Kier alpha value is -4.16. The van der Waals surface area contributed by atoms with Gasteiger partial charge in [-0.05, 0) is 64.9 Å². The number of carbonyl (C=O) groups excluding carboxylic acids is 1. The molecule has 5 rings (SSSR count). The molecule has 5 aromatic rings. The average molecular weight is 538 g/mol. The molecule has 0 spiro atoms. The van der Waals surface area contributed by atoms with E-state index in [9.17, 15) is 13.2 Å². The number of nitrogens with zero attached hydrogens (tertiary/aromatic N) is 1. The van der Waals surface area contributed by atoms with Crippen LogP contribution in [0.2, 0.25) is 0 Å². The molecule has 0 saturated carbocycles. The van der Waals surface area contributed by atoms with Gasteiger partial charge in [0, 0.05) is 23.5 Å². The number of unbranched alkanes of at least 4 members (excludes halogenated alkanes) is 1. The van der Waals surface area contributed by atoms with Crippen molar-refractivity contribution in [2.75, 3.05) is 7.11 Å². The van der Waals surface area contributed by atoms with Gasteiger partial charge in [-0.25, -0.2) is 8.42 Å². The van der Waals surface area contributed by atoms with Crippen LogP contribution in [0.15, 0.2) is 114 Å². The van der Waals surface area contributed by atoms with Gasteiger partial charge >= 0.3 is 5.97 Å². The fourth-order valence-corrected chi connectivity index (χ4v) is 6.69. The molecule has 2 aromatic heterocycles. The number of methoxy groups -OCH3 is 1. The Morgan fingerprint density at radius 3 is 2.08 bits per heavy atom. The van der Waals surface area contributed by atoms with E-state index >= 15 is 0 Å². The van der Waals surface area contributed by atoms with E-state index in [1.807, 2.05) is 6.07 Å². The zero-order valence-electron chi connectivity index (χ0n) is 22.1. The van der Waals surface area contributed by atoms with E-state index in [-0.39, 0.29) is 4.90 Å². The van der Waals surface area contributed by atoms with Crippen molar-refractivity contribution < 1.29 is 17.9 Å². The maximum Gasteiger partial charge on any atom is 0.329 e. The molecule has 39 heavy (non-hydrogen) atoms. The lowest BCUT2D eigenvalue weighted by Gasteiger charge is -2.16. The molecule has 0 saturated heterocycles. The van der Waals surface area contributed by atoms with E-state index in [1.165, 1.54) is 23.8 Å².